The van der Waals surface area contributed by atoms with Crippen LogP contribution in [0.4, 0.5) is 0 Å². The average Bonchev–Trinajstić information content (AvgIpc) is 2.16. The summed E-state index contributed by atoms with van der Waals surface area (Å²) in [6.45, 7) is 0. The number of benzene rings is 1. The molecule has 0 N–H and O–H groups in total. The van der Waals surface area contributed by atoms with Crippen LogP contribution < -0.4 is 8.92 Å². The van der Waals surface area contributed by atoms with Crippen molar-refractivity contribution in [3.05, 3.63) is 23.8 Å². The first-order chi connectivity index (χ1) is 5.81. The molecular weight excluding hydrogens is 176 g/mol. The van der Waals surface area contributed by atoms with Gasteiger partial charge in [0.2, 0.25) is 0 Å². The number of carbonyl (C=O) groups excluding carboxylic acids is 1. The minimum absolute atomic E-state index is 0.436. The lowest BCUT2D eigenvalue weighted by atomic mass is 10.2. The Morgan fingerprint density at radius 3 is 2.67 bits per heavy atom. The number of hydrogen-bond donors (Lipinski definition) is 1. The summed E-state index contributed by atoms with van der Waals surface area (Å²) < 4.78 is 9.64. The normalized spacial score (nSPS) is 9.17. The van der Waals surface area contributed by atoms with E-state index in [4.69, 9.17) is 4.74 Å². The van der Waals surface area contributed by atoms with E-state index in [2.05, 4.69) is 17.1 Å². The molecule has 64 valence electrons. The molecule has 0 aliphatic heterocycles. The van der Waals surface area contributed by atoms with Crippen molar-refractivity contribution >= 4 is 19.2 Å². The van der Waals surface area contributed by atoms with Gasteiger partial charge in [0.05, 0.1) is 7.11 Å². The topological polar surface area (TPSA) is 35.5 Å². The first kappa shape index (κ1) is 8.93. The van der Waals surface area contributed by atoms with Crippen LogP contribution >= 0.6 is 12.9 Å². The summed E-state index contributed by atoms with van der Waals surface area (Å²) in [6, 6.07) is 4.84. The molecule has 0 aliphatic carbocycles. The van der Waals surface area contributed by atoms with E-state index in [1.165, 1.54) is 7.11 Å². The van der Waals surface area contributed by atoms with Gasteiger partial charge >= 0.3 is 0 Å². The third kappa shape index (κ3) is 1.71. The third-order valence-electron chi connectivity index (χ3n) is 1.42. The molecule has 0 heterocycles. The van der Waals surface area contributed by atoms with Crippen molar-refractivity contribution in [2.75, 3.05) is 7.11 Å². The Hall–Kier alpha value is -1.16. The fourth-order valence-electron chi connectivity index (χ4n) is 0.838. The van der Waals surface area contributed by atoms with Crippen LogP contribution in [-0.2, 0) is 0 Å². The molecule has 1 rings (SSSR count). The zero-order valence-electron chi connectivity index (χ0n) is 6.48. The quantitative estimate of drug-likeness (QED) is 0.441. The molecule has 0 bridgehead atoms. The van der Waals surface area contributed by atoms with E-state index in [1.54, 1.807) is 18.2 Å². The minimum Gasteiger partial charge on any atom is -0.493 e. The molecule has 0 saturated heterocycles. The molecule has 0 aromatic heterocycles. The molecule has 0 fully saturated rings. The number of aldehydes is 1. The van der Waals surface area contributed by atoms with Gasteiger partial charge in [0.15, 0.2) is 11.5 Å². The van der Waals surface area contributed by atoms with E-state index in [-0.39, 0.29) is 0 Å². The van der Waals surface area contributed by atoms with Crippen molar-refractivity contribution in [2.24, 2.45) is 0 Å². The first-order valence-corrected chi connectivity index (χ1v) is 3.63. The van der Waals surface area contributed by atoms with Gasteiger partial charge in [-0.2, -0.15) is 0 Å². The number of methoxy groups -OCH3 is 1. The Balaban J connectivity index is 3.10. The molecule has 0 saturated carbocycles. The maximum Gasteiger partial charge on any atom is 0.179 e. The van der Waals surface area contributed by atoms with Gasteiger partial charge in [-0.15, -0.1) is 0 Å². The summed E-state index contributed by atoms with van der Waals surface area (Å²) in [5, 5.41) is 0. The van der Waals surface area contributed by atoms with Crippen LogP contribution in [0.1, 0.15) is 10.4 Å². The maximum absolute atomic E-state index is 10.4. The van der Waals surface area contributed by atoms with Gasteiger partial charge in [-0.25, -0.2) is 0 Å². The highest BCUT2D eigenvalue weighted by Gasteiger charge is 2.03. The molecule has 0 spiro atoms. The van der Waals surface area contributed by atoms with Crippen LogP contribution in [0.2, 0.25) is 0 Å². The van der Waals surface area contributed by atoms with E-state index < -0.39 is 0 Å². The molecule has 0 aliphatic rings. The minimum atomic E-state index is 0.436. The van der Waals surface area contributed by atoms with Crippen LogP contribution in [0, 0.1) is 0 Å². The lowest BCUT2D eigenvalue weighted by Crippen LogP contribution is -1.88. The van der Waals surface area contributed by atoms with E-state index in [0.29, 0.717) is 17.1 Å². The average molecular weight is 184 g/mol. The third-order valence-corrected chi connectivity index (χ3v) is 1.62. The predicted molar refractivity (Wildman–Crippen MR) is 48.0 cm³/mol. The maximum atomic E-state index is 10.4. The van der Waals surface area contributed by atoms with Crippen LogP contribution in [0.25, 0.3) is 0 Å². The standard InChI is InChI=1S/C8H8O3S/c1-10-7-3-2-6(5-9)4-8(7)11-12/h2-5,12H,1H3. The van der Waals surface area contributed by atoms with Crippen LogP contribution in [0.3, 0.4) is 0 Å². The van der Waals surface area contributed by atoms with Crippen molar-refractivity contribution in [3.8, 4) is 11.5 Å². The molecule has 12 heavy (non-hydrogen) atoms. The summed E-state index contributed by atoms with van der Waals surface area (Å²) in [6.07, 6.45) is 0.732. The Morgan fingerprint density at radius 2 is 2.17 bits per heavy atom. The number of thiol groups is 1. The number of rotatable bonds is 3. The SMILES string of the molecule is COc1ccc(C=O)cc1OS. The van der Waals surface area contributed by atoms with E-state index in [1.807, 2.05) is 0 Å². The van der Waals surface area contributed by atoms with Crippen molar-refractivity contribution < 1.29 is 13.7 Å². The summed E-state index contributed by atoms with van der Waals surface area (Å²) in [5.41, 5.74) is 0.528. The molecule has 3 nitrogen and oxygen atoms in total. The molecule has 4 heteroatoms. The Morgan fingerprint density at radius 1 is 1.42 bits per heavy atom. The first-order valence-electron chi connectivity index (χ1n) is 3.26. The summed E-state index contributed by atoms with van der Waals surface area (Å²) in [7, 11) is 1.52. The summed E-state index contributed by atoms with van der Waals surface area (Å²) in [4.78, 5) is 10.4. The lowest BCUT2D eigenvalue weighted by Gasteiger charge is -2.05. The number of ether oxygens (including phenoxy) is 1. The Kier molecular flexibility index (Phi) is 2.99. The van der Waals surface area contributed by atoms with Gasteiger partial charge in [0.25, 0.3) is 0 Å². The molecule has 1 aromatic carbocycles. The zero-order valence-corrected chi connectivity index (χ0v) is 7.38. The molecule has 0 amide bonds. The molecule has 0 atom stereocenters. The van der Waals surface area contributed by atoms with E-state index in [9.17, 15) is 4.79 Å². The van der Waals surface area contributed by atoms with Gasteiger partial charge in [-0.05, 0) is 18.2 Å². The second kappa shape index (κ2) is 4.01. The Labute approximate surface area is 75.9 Å². The lowest BCUT2D eigenvalue weighted by molar-refractivity contribution is 0.112. The number of hydrogen-bond acceptors (Lipinski definition) is 4. The van der Waals surface area contributed by atoms with Crippen LogP contribution in [0.5, 0.6) is 11.5 Å². The largest absolute Gasteiger partial charge is 0.493 e. The zero-order chi connectivity index (χ0) is 8.97. The van der Waals surface area contributed by atoms with Gasteiger partial charge in [0, 0.05) is 18.5 Å². The van der Waals surface area contributed by atoms with Gasteiger partial charge in [-0.3, -0.25) is 4.79 Å². The molecule has 1 aromatic rings. The summed E-state index contributed by atoms with van der Waals surface area (Å²) >= 11 is 3.62. The van der Waals surface area contributed by atoms with Crippen molar-refractivity contribution in [3.63, 3.8) is 0 Å². The highest BCUT2D eigenvalue weighted by atomic mass is 32.1. The van der Waals surface area contributed by atoms with Crippen LogP contribution in [-0.4, -0.2) is 13.4 Å². The highest BCUT2D eigenvalue weighted by Crippen LogP contribution is 2.27. The van der Waals surface area contributed by atoms with Crippen molar-refractivity contribution in [2.45, 2.75) is 0 Å². The highest BCUT2D eigenvalue weighted by molar-refractivity contribution is 7.75. The second-order valence-electron chi connectivity index (χ2n) is 2.12. The number of carbonyl (C=O) groups is 1. The van der Waals surface area contributed by atoms with Gasteiger partial charge in [0.1, 0.15) is 6.29 Å². The second-order valence-corrected chi connectivity index (χ2v) is 2.30. The van der Waals surface area contributed by atoms with Gasteiger partial charge < -0.3 is 8.92 Å². The fourth-order valence-corrected chi connectivity index (χ4v) is 0.981. The summed E-state index contributed by atoms with van der Waals surface area (Å²) in [5.74, 6) is 0.987. The molecule has 0 radical (unpaired) electrons. The van der Waals surface area contributed by atoms with E-state index >= 15 is 0 Å². The van der Waals surface area contributed by atoms with E-state index in [0.717, 1.165) is 6.29 Å². The van der Waals surface area contributed by atoms with Gasteiger partial charge in [-0.1, -0.05) is 0 Å². The fraction of sp³-hybridized carbons (Fsp3) is 0.125. The smallest absolute Gasteiger partial charge is 0.179 e. The predicted octanol–water partition coefficient (Wildman–Crippen LogP) is 1.73. The van der Waals surface area contributed by atoms with Crippen molar-refractivity contribution in [1.29, 1.82) is 0 Å². The van der Waals surface area contributed by atoms with Crippen molar-refractivity contribution in [1.82, 2.24) is 0 Å². The molecule has 0 unspecified atom stereocenters. The molecular formula is C8H8O3S. The Bertz CT molecular complexity index is 286. The monoisotopic (exact) mass is 184 g/mol. The van der Waals surface area contributed by atoms with Crippen LogP contribution in [0.15, 0.2) is 18.2 Å².